The van der Waals surface area contributed by atoms with Crippen molar-refractivity contribution in [2.45, 2.75) is 18.5 Å². The summed E-state index contributed by atoms with van der Waals surface area (Å²) in [6, 6.07) is 2.81. The zero-order valence-electron chi connectivity index (χ0n) is 5.19. The van der Waals surface area contributed by atoms with Crippen LogP contribution in [0.25, 0.3) is 0 Å². The molecule has 0 spiro atoms. The highest BCUT2D eigenvalue weighted by Crippen LogP contribution is 2.33. The van der Waals surface area contributed by atoms with Crippen molar-refractivity contribution < 1.29 is 0 Å². The van der Waals surface area contributed by atoms with Crippen LogP contribution in [0.3, 0.4) is 0 Å². The molecule has 0 N–H and O–H groups in total. The number of hydrogen-bond donors (Lipinski definition) is 0. The zero-order chi connectivity index (χ0) is 6.04. The van der Waals surface area contributed by atoms with Gasteiger partial charge in [-0.25, -0.2) is 0 Å². The average Bonchev–Trinajstić information content (AvgIpc) is 1.67. The molecule has 0 aromatic carbocycles. The fraction of sp³-hybridized carbons (Fsp3) is 0.429. The summed E-state index contributed by atoms with van der Waals surface area (Å²) in [5.41, 5.74) is 4.31. The van der Waals surface area contributed by atoms with Gasteiger partial charge in [0, 0.05) is 0 Å². The molecule has 1 heteroatoms. The fourth-order valence-corrected chi connectivity index (χ4v) is 3.23. The maximum absolute atomic E-state index is 3.82. The molecule has 8 heavy (non-hydrogen) atoms. The summed E-state index contributed by atoms with van der Waals surface area (Å²) in [6.45, 7) is 7.63. The van der Waals surface area contributed by atoms with Crippen molar-refractivity contribution in [1.29, 1.82) is 0 Å². The molecular formula is C7H12Si. The molecule has 1 aliphatic heterocycles. The first kappa shape index (κ1) is 5.83. The van der Waals surface area contributed by atoms with E-state index < -0.39 is 8.07 Å². The molecule has 0 atom stereocenters. The van der Waals surface area contributed by atoms with Crippen molar-refractivity contribution in [2.24, 2.45) is 0 Å². The predicted octanol–water partition coefficient (Wildman–Crippen LogP) is 2.29. The molecule has 0 nitrogen and oxygen atoms in total. The molecular weight excluding hydrogens is 112 g/mol. The van der Waals surface area contributed by atoms with Gasteiger partial charge in [-0.3, -0.25) is 0 Å². The predicted molar refractivity (Wildman–Crippen MR) is 40.4 cm³/mol. The van der Waals surface area contributed by atoms with Crippen LogP contribution in [0.1, 0.15) is 6.42 Å². The van der Waals surface area contributed by atoms with Gasteiger partial charge in [0.2, 0.25) is 0 Å². The highest BCUT2D eigenvalue weighted by atomic mass is 28.3. The molecule has 0 radical (unpaired) electrons. The first-order valence-electron chi connectivity index (χ1n) is 3.10. The molecule has 0 saturated carbocycles. The molecule has 1 heterocycles. The maximum atomic E-state index is 3.82. The van der Waals surface area contributed by atoms with Crippen molar-refractivity contribution in [1.82, 2.24) is 0 Å². The van der Waals surface area contributed by atoms with E-state index in [4.69, 9.17) is 0 Å². The Labute approximate surface area is 51.9 Å². The topological polar surface area (TPSA) is 0 Å². The highest BCUT2D eigenvalue weighted by Gasteiger charge is 2.32. The van der Waals surface area contributed by atoms with E-state index in [0.717, 1.165) is 0 Å². The first-order valence-corrected chi connectivity index (χ1v) is 5.67. The van der Waals surface area contributed by atoms with Gasteiger partial charge in [0.1, 0.15) is 8.07 Å². The van der Waals surface area contributed by atoms with Crippen LogP contribution in [0, 0.1) is 0 Å². The van der Waals surface area contributed by atoms with Crippen LogP contribution < -0.4 is 0 Å². The Balaban J connectivity index is 2.57. The van der Waals surface area contributed by atoms with E-state index in [0.29, 0.717) is 0 Å². The second-order valence-electron chi connectivity index (χ2n) is 2.49. The Morgan fingerprint density at radius 3 is 1.62 bits per heavy atom. The highest BCUT2D eigenvalue weighted by molar-refractivity contribution is 6.90. The monoisotopic (exact) mass is 124 g/mol. The van der Waals surface area contributed by atoms with E-state index in [1.807, 2.05) is 0 Å². The third-order valence-electron chi connectivity index (χ3n) is 2.10. The van der Waals surface area contributed by atoms with Crippen molar-refractivity contribution in [3.63, 3.8) is 0 Å². The lowest BCUT2D eigenvalue weighted by molar-refractivity contribution is 0.926. The minimum Gasteiger partial charge on any atom is -0.107 e. The summed E-state index contributed by atoms with van der Waals surface area (Å²) in [7, 11) is -0.963. The lowest BCUT2D eigenvalue weighted by Crippen LogP contribution is -2.36. The van der Waals surface area contributed by atoms with Gasteiger partial charge in [0.15, 0.2) is 0 Å². The third-order valence-corrected chi connectivity index (χ3v) is 6.29. The first-order chi connectivity index (χ1) is 3.83. The Bertz CT molecular complexity index is 102. The van der Waals surface area contributed by atoms with E-state index in [9.17, 15) is 0 Å². The molecule has 0 unspecified atom stereocenters. The van der Waals surface area contributed by atoms with Crippen LogP contribution in [0.2, 0.25) is 12.1 Å². The zero-order valence-corrected chi connectivity index (χ0v) is 6.19. The quantitative estimate of drug-likeness (QED) is 0.495. The van der Waals surface area contributed by atoms with Gasteiger partial charge < -0.3 is 0 Å². The molecule has 44 valence electrons. The van der Waals surface area contributed by atoms with Gasteiger partial charge in [-0.15, -0.1) is 13.2 Å². The summed E-state index contributed by atoms with van der Waals surface area (Å²) in [4.78, 5) is 0. The molecule has 0 bridgehead atoms. The summed E-state index contributed by atoms with van der Waals surface area (Å²) >= 11 is 0. The normalized spacial score (nSPS) is 23.5. The van der Waals surface area contributed by atoms with Gasteiger partial charge in [-0.1, -0.05) is 29.9 Å². The van der Waals surface area contributed by atoms with Gasteiger partial charge in [0.05, 0.1) is 0 Å². The third kappa shape index (κ3) is 0.670. The van der Waals surface area contributed by atoms with E-state index >= 15 is 0 Å². The minimum absolute atomic E-state index is 0.963. The maximum Gasteiger partial charge on any atom is 0.100 e. The SMILES string of the molecule is C=C[Si]1(C=C)CCC1. The number of hydrogen-bond acceptors (Lipinski definition) is 0. The molecule has 0 aliphatic carbocycles. The lowest BCUT2D eigenvalue weighted by atomic mass is 10.5. The second kappa shape index (κ2) is 1.90. The standard InChI is InChI=1S/C7H12Si/c1-3-8(4-2)6-5-7-8/h3-4H,1-2,5-7H2. The molecule has 0 aromatic rings. The molecule has 1 saturated heterocycles. The molecule has 0 aromatic heterocycles. The Morgan fingerprint density at radius 2 is 1.62 bits per heavy atom. The van der Waals surface area contributed by atoms with Crippen LogP contribution in [0.5, 0.6) is 0 Å². The van der Waals surface area contributed by atoms with Crippen molar-refractivity contribution in [3.8, 4) is 0 Å². The van der Waals surface area contributed by atoms with Gasteiger partial charge >= 0.3 is 0 Å². The van der Waals surface area contributed by atoms with Crippen molar-refractivity contribution >= 4 is 8.07 Å². The summed E-state index contributed by atoms with van der Waals surface area (Å²) < 4.78 is 0. The molecule has 1 rings (SSSR count). The van der Waals surface area contributed by atoms with Gasteiger partial charge in [0.25, 0.3) is 0 Å². The van der Waals surface area contributed by atoms with Crippen molar-refractivity contribution in [3.05, 3.63) is 24.6 Å². The molecule has 0 amide bonds. The molecule has 1 aliphatic rings. The summed E-state index contributed by atoms with van der Waals surface area (Å²) in [5, 5.41) is 0. The van der Waals surface area contributed by atoms with Crippen LogP contribution in [0.15, 0.2) is 24.6 Å². The summed E-state index contributed by atoms with van der Waals surface area (Å²) in [6.07, 6.45) is 1.41. The average molecular weight is 124 g/mol. The smallest absolute Gasteiger partial charge is 0.100 e. The van der Waals surface area contributed by atoms with E-state index in [2.05, 4.69) is 24.6 Å². The minimum atomic E-state index is -0.963. The number of rotatable bonds is 2. The molecule has 1 fully saturated rings. The largest absolute Gasteiger partial charge is 0.107 e. The van der Waals surface area contributed by atoms with Crippen molar-refractivity contribution in [2.75, 3.05) is 0 Å². The lowest BCUT2D eigenvalue weighted by Gasteiger charge is -2.33. The van der Waals surface area contributed by atoms with Crippen LogP contribution in [-0.2, 0) is 0 Å². The van der Waals surface area contributed by atoms with Crippen LogP contribution in [0.4, 0.5) is 0 Å². The Hall–Kier alpha value is -0.303. The van der Waals surface area contributed by atoms with E-state index in [1.165, 1.54) is 18.5 Å². The Kier molecular flexibility index (Phi) is 1.38. The van der Waals surface area contributed by atoms with Gasteiger partial charge in [-0.2, -0.15) is 0 Å². The van der Waals surface area contributed by atoms with Crippen LogP contribution >= 0.6 is 0 Å². The van der Waals surface area contributed by atoms with Crippen LogP contribution in [-0.4, -0.2) is 8.07 Å². The fourth-order valence-electron chi connectivity index (χ4n) is 1.08. The van der Waals surface area contributed by atoms with E-state index in [-0.39, 0.29) is 0 Å². The second-order valence-corrected chi connectivity index (χ2v) is 6.78. The van der Waals surface area contributed by atoms with E-state index in [1.54, 1.807) is 0 Å². The van der Waals surface area contributed by atoms with Gasteiger partial charge in [-0.05, 0) is 0 Å². The summed E-state index contributed by atoms with van der Waals surface area (Å²) in [5.74, 6) is 0. The Morgan fingerprint density at radius 1 is 1.12 bits per heavy atom.